The van der Waals surface area contributed by atoms with E-state index in [0.717, 1.165) is 21.7 Å². The van der Waals surface area contributed by atoms with Crippen molar-refractivity contribution < 1.29 is 14.3 Å². The van der Waals surface area contributed by atoms with Crippen molar-refractivity contribution >= 4 is 34.5 Å². The molecule has 3 aromatic rings. The van der Waals surface area contributed by atoms with Crippen LogP contribution in [0.3, 0.4) is 0 Å². The second kappa shape index (κ2) is 8.46. The fraction of sp³-hybridized carbons (Fsp3) is 0.182. The Hall–Kier alpha value is -3.16. The second-order valence-corrected chi connectivity index (χ2v) is 7.57. The molecule has 1 aromatic heterocycles. The number of benzene rings is 2. The molecule has 0 radical (unpaired) electrons. The fourth-order valence-electron chi connectivity index (χ4n) is 3.35. The van der Waals surface area contributed by atoms with Crippen molar-refractivity contribution in [2.24, 2.45) is 0 Å². The standard InChI is InChI=1S/C22H21N3O3S/c1-28-11-10-23-15-6-4-14(5-7-15)21(26)25-18-9-8-16(19-3-2-12-29-19)17-13-24-22(27)20(17)18/h2-9,12,23H,10-11,13H2,1H3,(H,24,27)(H,25,26). The van der Waals surface area contributed by atoms with E-state index in [0.29, 0.717) is 36.5 Å². The molecule has 3 N–H and O–H groups in total. The van der Waals surface area contributed by atoms with E-state index in [-0.39, 0.29) is 11.8 Å². The molecule has 148 valence electrons. The number of anilines is 2. The van der Waals surface area contributed by atoms with E-state index in [2.05, 4.69) is 16.0 Å². The third kappa shape index (κ3) is 4.01. The average molecular weight is 407 g/mol. The summed E-state index contributed by atoms with van der Waals surface area (Å²) in [4.78, 5) is 26.2. The third-order valence-electron chi connectivity index (χ3n) is 4.78. The lowest BCUT2D eigenvalue weighted by Gasteiger charge is -2.12. The van der Waals surface area contributed by atoms with Crippen LogP contribution >= 0.6 is 11.3 Å². The molecule has 2 amide bonds. The molecule has 0 atom stereocenters. The molecule has 0 unspecified atom stereocenters. The van der Waals surface area contributed by atoms with Crippen molar-refractivity contribution in [1.82, 2.24) is 5.32 Å². The van der Waals surface area contributed by atoms with Gasteiger partial charge in [-0.15, -0.1) is 11.3 Å². The summed E-state index contributed by atoms with van der Waals surface area (Å²) in [6.07, 6.45) is 0. The molecular formula is C22H21N3O3S. The SMILES string of the molecule is COCCNc1ccc(C(=O)Nc2ccc(-c3cccs3)c3c2C(=O)NC3)cc1. The summed E-state index contributed by atoms with van der Waals surface area (Å²) < 4.78 is 5.01. The Labute approximate surface area is 172 Å². The van der Waals surface area contributed by atoms with E-state index < -0.39 is 0 Å². The zero-order chi connectivity index (χ0) is 20.2. The maximum absolute atomic E-state index is 12.7. The minimum Gasteiger partial charge on any atom is -0.383 e. The Morgan fingerprint density at radius 3 is 2.72 bits per heavy atom. The predicted molar refractivity (Wildman–Crippen MR) is 116 cm³/mol. The highest BCUT2D eigenvalue weighted by molar-refractivity contribution is 7.13. The second-order valence-electron chi connectivity index (χ2n) is 6.63. The van der Waals surface area contributed by atoms with Gasteiger partial charge in [0, 0.05) is 36.3 Å². The van der Waals surface area contributed by atoms with Gasteiger partial charge in [-0.1, -0.05) is 12.1 Å². The van der Waals surface area contributed by atoms with Crippen LogP contribution in [0.5, 0.6) is 0 Å². The Morgan fingerprint density at radius 2 is 2.00 bits per heavy atom. The number of rotatable bonds is 7. The van der Waals surface area contributed by atoms with Crippen LogP contribution in [0.15, 0.2) is 53.9 Å². The molecule has 0 saturated heterocycles. The van der Waals surface area contributed by atoms with E-state index in [1.165, 1.54) is 0 Å². The molecule has 0 bridgehead atoms. The lowest BCUT2D eigenvalue weighted by atomic mass is 10.00. The zero-order valence-corrected chi connectivity index (χ0v) is 16.8. The zero-order valence-electron chi connectivity index (χ0n) is 16.0. The van der Waals surface area contributed by atoms with Crippen molar-refractivity contribution in [3.63, 3.8) is 0 Å². The summed E-state index contributed by atoms with van der Waals surface area (Å²) in [6, 6.07) is 15.0. The van der Waals surface area contributed by atoms with Gasteiger partial charge in [0.25, 0.3) is 11.8 Å². The molecule has 1 aliphatic heterocycles. The molecule has 2 aromatic carbocycles. The van der Waals surface area contributed by atoms with Crippen LogP contribution in [0, 0.1) is 0 Å². The van der Waals surface area contributed by atoms with E-state index in [9.17, 15) is 9.59 Å². The highest BCUT2D eigenvalue weighted by atomic mass is 32.1. The van der Waals surface area contributed by atoms with E-state index in [1.807, 2.05) is 35.7 Å². The van der Waals surface area contributed by atoms with Gasteiger partial charge in [0.2, 0.25) is 0 Å². The van der Waals surface area contributed by atoms with Crippen molar-refractivity contribution in [1.29, 1.82) is 0 Å². The summed E-state index contributed by atoms with van der Waals surface area (Å²) in [5, 5.41) is 11.0. The first kappa shape index (κ1) is 19.2. The summed E-state index contributed by atoms with van der Waals surface area (Å²) >= 11 is 1.63. The molecule has 1 aliphatic rings. The van der Waals surface area contributed by atoms with Crippen LogP contribution in [-0.4, -0.2) is 32.1 Å². The van der Waals surface area contributed by atoms with Gasteiger partial charge in [-0.2, -0.15) is 0 Å². The molecule has 0 fully saturated rings. The van der Waals surface area contributed by atoms with Crippen LogP contribution in [-0.2, 0) is 11.3 Å². The third-order valence-corrected chi connectivity index (χ3v) is 5.69. The smallest absolute Gasteiger partial charge is 0.255 e. The molecule has 2 heterocycles. The molecule has 0 aliphatic carbocycles. The molecular weight excluding hydrogens is 386 g/mol. The number of hydrogen-bond donors (Lipinski definition) is 3. The largest absolute Gasteiger partial charge is 0.383 e. The Bertz CT molecular complexity index is 1030. The van der Waals surface area contributed by atoms with Gasteiger partial charge in [0.1, 0.15) is 0 Å². The number of ether oxygens (including phenoxy) is 1. The summed E-state index contributed by atoms with van der Waals surface area (Å²) in [7, 11) is 1.65. The number of carbonyl (C=O) groups is 2. The first-order valence-electron chi connectivity index (χ1n) is 9.29. The normalized spacial score (nSPS) is 12.4. The summed E-state index contributed by atoms with van der Waals surface area (Å²) in [5.74, 6) is -0.411. The molecule has 0 saturated carbocycles. The number of amides is 2. The maximum Gasteiger partial charge on any atom is 0.255 e. The van der Waals surface area contributed by atoms with Crippen molar-refractivity contribution in [3.05, 3.63) is 70.6 Å². The van der Waals surface area contributed by atoms with E-state index >= 15 is 0 Å². The average Bonchev–Trinajstić information content (AvgIpc) is 3.40. The number of carbonyl (C=O) groups excluding carboxylic acids is 2. The summed E-state index contributed by atoms with van der Waals surface area (Å²) in [5.41, 5.74) is 4.46. The van der Waals surface area contributed by atoms with Crippen LogP contribution in [0.25, 0.3) is 10.4 Å². The number of hydrogen-bond acceptors (Lipinski definition) is 5. The fourth-order valence-corrected chi connectivity index (χ4v) is 4.13. The first-order chi connectivity index (χ1) is 14.2. The highest BCUT2D eigenvalue weighted by Crippen LogP contribution is 2.36. The van der Waals surface area contributed by atoms with Gasteiger partial charge < -0.3 is 20.7 Å². The van der Waals surface area contributed by atoms with Crippen LogP contribution in [0.1, 0.15) is 26.3 Å². The lowest BCUT2D eigenvalue weighted by molar-refractivity contribution is 0.0966. The summed E-state index contributed by atoms with van der Waals surface area (Å²) in [6.45, 7) is 1.77. The Kier molecular flexibility index (Phi) is 5.59. The number of nitrogens with one attached hydrogen (secondary N) is 3. The molecule has 0 spiro atoms. The van der Waals surface area contributed by atoms with Crippen molar-refractivity contribution in [2.45, 2.75) is 6.54 Å². The first-order valence-corrected chi connectivity index (χ1v) is 10.2. The minimum atomic E-state index is -0.251. The predicted octanol–water partition coefficient (Wildman–Crippen LogP) is 3.97. The number of fused-ring (bicyclic) bond motifs is 1. The van der Waals surface area contributed by atoms with E-state index in [4.69, 9.17) is 4.74 Å². The van der Waals surface area contributed by atoms with Crippen LogP contribution < -0.4 is 16.0 Å². The molecule has 6 nitrogen and oxygen atoms in total. The topological polar surface area (TPSA) is 79.5 Å². The Balaban J connectivity index is 1.54. The van der Waals surface area contributed by atoms with Crippen LogP contribution in [0.2, 0.25) is 0 Å². The van der Waals surface area contributed by atoms with Gasteiger partial charge in [-0.05, 0) is 52.9 Å². The van der Waals surface area contributed by atoms with Gasteiger partial charge in [0.15, 0.2) is 0 Å². The quantitative estimate of drug-likeness (QED) is 0.518. The molecule has 29 heavy (non-hydrogen) atoms. The van der Waals surface area contributed by atoms with Crippen molar-refractivity contribution in [3.8, 4) is 10.4 Å². The molecule has 7 heteroatoms. The lowest BCUT2D eigenvalue weighted by Crippen LogP contribution is -2.17. The molecule has 4 rings (SSSR count). The van der Waals surface area contributed by atoms with Gasteiger partial charge in [-0.25, -0.2) is 0 Å². The highest BCUT2D eigenvalue weighted by Gasteiger charge is 2.27. The minimum absolute atomic E-state index is 0.161. The van der Waals surface area contributed by atoms with Gasteiger partial charge in [0.05, 0.1) is 17.9 Å². The van der Waals surface area contributed by atoms with Gasteiger partial charge >= 0.3 is 0 Å². The Morgan fingerprint density at radius 1 is 1.17 bits per heavy atom. The van der Waals surface area contributed by atoms with E-state index in [1.54, 1.807) is 36.6 Å². The maximum atomic E-state index is 12.7. The van der Waals surface area contributed by atoms with Gasteiger partial charge in [-0.3, -0.25) is 9.59 Å². The monoisotopic (exact) mass is 407 g/mol. The number of thiophene rings is 1. The van der Waals surface area contributed by atoms with Crippen molar-refractivity contribution in [2.75, 3.05) is 30.9 Å². The number of methoxy groups -OCH3 is 1. The van der Waals surface area contributed by atoms with Crippen LogP contribution in [0.4, 0.5) is 11.4 Å².